The van der Waals surface area contributed by atoms with E-state index in [-0.39, 0.29) is 17.1 Å². The molecule has 0 unspecified atom stereocenters. The summed E-state index contributed by atoms with van der Waals surface area (Å²) in [4.78, 5) is 42.6. The molecule has 0 fully saturated rings. The van der Waals surface area contributed by atoms with Gasteiger partial charge in [-0.25, -0.2) is 4.98 Å². The van der Waals surface area contributed by atoms with Crippen molar-refractivity contribution < 1.29 is 19.2 Å². The van der Waals surface area contributed by atoms with Crippen LogP contribution in [-0.2, 0) is 14.3 Å². The van der Waals surface area contributed by atoms with Gasteiger partial charge in [0.1, 0.15) is 10.7 Å². The summed E-state index contributed by atoms with van der Waals surface area (Å²) in [5, 5.41) is 13.8. The Labute approximate surface area is 163 Å². The summed E-state index contributed by atoms with van der Waals surface area (Å²) in [7, 11) is 0. The van der Waals surface area contributed by atoms with Crippen molar-refractivity contribution in [1.29, 1.82) is 0 Å². The molecule has 0 aliphatic carbocycles. The van der Waals surface area contributed by atoms with Crippen molar-refractivity contribution in [2.75, 3.05) is 17.7 Å². The number of ether oxygens (including phenoxy) is 1. The summed E-state index contributed by atoms with van der Waals surface area (Å²) >= 11 is 1.14. The second-order valence-electron chi connectivity index (χ2n) is 5.47. The van der Waals surface area contributed by atoms with Crippen molar-refractivity contribution in [2.45, 2.75) is 5.03 Å². The molecule has 0 atom stereocenters. The van der Waals surface area contributed by atoms with Crippen LogP contribution in [0.2, 0.25) is 0 Å². The molecule has 3 rings (SSSR count). The first-order chi connectivity index (χ1) is 13.5. The minimum Gasteiger partial charge on any atom is -0.455 e. The largest absolute Gasteiger partial charge is 0.455 e. The first-order valence-electron chi connectivity index (χ1n) is 8.06. The zero-order chi connectivity index (χ0) is 19.9. The highest BCUT2D eigenvalue weighted by Crippen LogP contribution is 2.23. The van der Waals surface area contributed by atoms with Crippen molar-refractivity contribution in [3.63, 3.8) is 0 Å². The normalized spacial score (nSPS) is 10.4. The van der Waals surface area contributed by atoms with Gasteiger partial charge in [-0.05, 0) is 18.2 Å². The Morgan fingerprint density at radius 1 is 1.11 bits per heavy atom. The number of thioether (sulfide) groups is 1. The van der Waals surface area contributed by atoms with Crippen LogP contribution in [-0.4, -0.2) is 39.1 Å². The summed E-state index contributed by atoms with van der Waals surface area (Å²) in [5.41, 5.74) is 1.26. The highest BCUT2D eigenvalue weighted by molar-refractivity contribution is 7.99. The number of benzene rings is 2. The Balaban J connectivity index is 1.48. The summed E-state index contributed by atoms with van der Waals surface area (Å²) in [6.07, 6.45) is 1.56. The van der Waals surface area contributed by atoms with Crippen molar-refractivity contribution in [3.05, 3.63) is 64.8 Å². The molecule has 10 heteroatoms. The average molecular weight is 398 g/mol. The molecule has 1 heterocycles. The van der Waals surface area contributed by atoms with Crippen LogP contribution in [0.4, 0.5) is 11.4 Å². The maximum absolute atomic E-state index is 11.9. The van der Waals surface area contributed by atoms with Crippen molar-refractivity contribution in [2.24, 2.45) is 0 Å². The van der Waals surface area contributed by atoms with E-state index < -0.39 is 23.4 Å². The van der Waals surface area contributed by atoms with Gasteiger partial charge in [-0.15, -0.1) is 0 Å². The fourth-order valence-electron chi connectivity index (χ4n) is 2.26. The monoisotopic (exact) mass is 398 g/mol. The molecular weight excluding hydrogens is 384 g/mol. The highest BCUT2D eigenvalue weighted by Gasteiger charge is 2.16. The number of hydrogen-bond donors (Lipinski definition) is 1. The lowest BCUT2D eigenvalue weighted by Crippen LogP contribution is -2.22. The number of para-hydroxylation sites is 4. The van der Waals surface area contributed by atoms with Gasteiger partial charge < -0.3 is 10.1 Å². The van der Waals surface area contributed by atoms with Gasteiger partial charge in [0.2, 0.25) is 0 Å². The van der Waals surface area contributed by atoms with E-state index in [1.165, 1.54) is 18.2 Å². The number of carbonyl (C=O) groups excluding carboxylic acids is 2. The molecule has 0 saturated carbocycles. The molecule has 1 amide bonds. The minimum atomic E-state index is -0.668. The van der Waals surface area contributed by atoms with Crippen LogP contribution in [0.1, 0.15) is 0 Å². The smallest absolute Gasteiger partial charge is 0.316 e. The molecule has 1 N–H and O–H groups in total. The first-order valence-corrected chi connectivity index (χ1v) is 9.05. The third-order valence-electron chi connectivity index (χ3n) is 3.50. The average Bonchev–Trinajstić information content (AvgIpc) is 2.70. The third-order valence-corrected chi connectivity index (χ3v) is 4.38. The van der Waals surface area contributed by atoms with Crippen LogP contribution in [0.3, 0.4) is 0 Å². The van der Waals surface area contributed by atoms with Gasteiger partial charge in [-0.2, -0.15) is 0 Å². The quantitative estimate of drug-likeness (QED) is 0.279. The molecule has 3 aromatic rings. The Morgan fingerprint density at radius 2 is 1.82 bits per heavy atom. The van der Waals surface area contributed by atoms with Crippen molar-refractivity contribution in [3.8, 4) is 0 Å². The summed E-state index contributed by atoms with van der Waals surface area (Å²) in [5.74, 6) is -1.33. The van der Waals surface area contributed by atoms with Crippen LogP contribution in [0.5, 0.6) is 0 Å². The lowest BCUT2D eigenvalue weighted by molar-refractivity contribution is -0.383. The molecule has 9 nitrogen and oxygen atoms in total. The van der Waals surface area contributed by atoms with E-state index in [0.29, 0.717) is 10.5 Å². The Morgan fingerprint density at radius 3 is 2.61 bits per heavy atom. The predicted octanol–water partition coefficient (Wildman–Crippen LogP) is 2.81. The predicted molar refractivity (Wildman–Crippen MR) is 103 cm³/mol. The van der Waals surface area contributed by atoms with E-state index in [9.17, 15) is 19.7 Å². The van der Waals surface area contributed by atoms with Gasteiger partial charge in [0.05, 0.1) is 27.9 Å². The molecule has 1 aromatic heterocycles. The van der Waals surface area contributed by atoms with Gasteiger partial charge in [-0.1, -0.05) is 36.0 Å². The zero-order valence-corrected chi connectivity index (χ0v) is 15.2. The van der Waals surface area contributed by atoms with Crippen LogP contribution >= 0.6 is 11.8 Å². The number of hydrogen-bond acceptors (Lipinski definition) is 8. The number of nitro benzene ring substituents is 1. The minimum absolute atomic E-state index is 0.0364. The number of nitro groups is 1. The van der Waals surface area contributed by atoms with Gasteiger partial charge in [0, 0.05) is 6.07 Å². The molecule has 2 aromatic carbocycles. The Hall–Kier alpha value is -3.53. The van der Waals surface area contributed by atoms with Crippen molar-refractivity contribution in [1.82, 2.24) is 9.97 Å². The highest BCUT2D eigenvalue weighted by atomic mass is 32.2. The summed E-state index contributed by atoms with van der Waals surface area (Å²) in [6, 6.07) is 13.1. The Kier molecular flexibility index (Phi) is 6.12. The molecular formula is C18H14N4O5S. The molecule has 0 saturated heterocycles. The van der Waals surface area contributed by atoms with Gasteiger partial charge in [-0.3, -0.25) is 24.7 Å². The van der Waals surface area contributed by atoms with E-state index in [2.05, 4.69) is 15.3 Å². The fourth-order valence-corrected chi connectivity index (χ4v) is 2.89. The SMILES string of the molecule is O=C(COC(=O)CSc1cnc2ccccc2n1)Nc1ccccc1[N+](=O)[O-]. The topological polar surface area (TPSA) is 124 Å². The van der Waals surface area contributed by atoms with Crippen LogP contribution in [0.25, 0.3) is 11.0 Å². The van der Waals surface area contributed by atoms with Crippen LogP contribution in [0, 0.1) is 10.1 Å². The fraction of sp³-hybridized carbons (Fsp3) is 0.111. The van der Waals surface area contributed by atoms with E-state index in [0.717, 1.165) is 17.3 Å². The molecule has 0 aliphatic rings. The molecule has 142 valence electrons. The van der Waals surface area contributed by atoms with Crippen LogP contribution in [0.15, 0.2) is 59.8 Å². The second kappa shape index (κ2) is 8.91. The maximum atomic E-state index is 11.9. The number of fused-ring (bicyclic) bond motifs is 1. The van der Waals surface area contributed by atoms with E-state index >= 15 is 0 Å². The number of rotatable bonds is 7. The zero-order valence-electron chi connectivity index (χ0n) is 14.4. The van der Waals surface area contributed by atoms with E-state index in [1.54, 1.807) is 12.3 Å². The lowest BCUT2D eigenvalue weighted by atomic mass is 10.2. The summed E-state index contributed by atoms with van der Waals surface area (Å²) in [6.45, 7) is -0.547. The molecule has 0 bridgehead atoms. The van der Waals surface area contributed by atoms with Gasteiger partial charge >= 0.3 is 5.97 Å². The number of anilines is 1. The Bertz CT molecular complexity index is 1040. The van der Waals surface area contributed by atoms with E-state index in [1.807, 2.05) is 24.3 Å². The standard InChI is InChI=1S/C18H14N4O5S/c23-16(20-14-7-3-4-8-15(14)22(25)26)10-27-18(24)11-28-17-9-19-12-5-1-2-6-13(12)21-17/h1-9H,10-11H2,(H,20,23). The molecule has 0 spiro atoms. The van der Waals surface area contributed by atoms with E-state index in [4.69, 9.17) is 4.74 Å². The number of nitrogens with one attached hydrogen (secondary N) is 1. The number of nitrogens with zero attached hydrogens (tertiary/aromatic N) is 3. The number of carbonyl (C=O) groups is 2. The number of amides is 1. The third kappa shape index (κ3) is 5.01. The van der Waals surface area contributed by atoms with Crippen LogP contribution < -0.4 is 5.32 Å². The number of esters is 1. The van der Waals surface area contributed by atoms with Crippen molar-refractivity contribution >= 4 is 46.0 Å². The number of aromatic nitrogens is 2. The lowest BCUT2D eigenvalue weighted by Gasteiger charge is -2.07. The summed E-state index contributed by atoms with van der Waals surface area (Å²) < 4.78 is 4.90. The van der Waals surface area contributed by atoms with Gasteiger partial charge in [0.25, 0.3) is 11.6 Å². The molecule has 28 heavy (non-hydrogen) atoms. The molecule has 0 radical (unpaired) electrons. The first kappa shape index (κ1) is 19.2. The second-order valence-corrected chi connectivity index (χ2v) is 6.46. The molecule has 0 aliphatic heterocycles. The van der Waals surface area contributed by atoms with Gasteiger partial charge in [0.15, 0.2) is 6.61 Å². The maximum Gasteiger partial charge on any atom is 0.316 e.